The monoisotopic (exact) mass is 220 g/mol. The molecule has 0 bridgehead atoms. The first-order valence-corrected chi connectivity index (χ1v) is 4.85. The van der Waals surface area contributed by atoms with E-state index in [2.05, 4.69) is 9.97 Å². The molecule has 3 nitrogen and oxygen atoms in total. The Labute approximate surface area is 91.8 Å². The van der Waals surface area contributed by atoms with E-state index in [1.807, 2.05) is 19.1 Å². The Kier molecular flexibility index (Phi) is 2.56. The van der Waals surface area contributed by atoms with Crippen LogP contribution in [0.15, 0.2) is 35.5 Å². The fourth-order valence-electron chi connectivity index (χ4n) is 1.38. The minimum absolute atomic E-state index is 0.183. The summed E-state index contributed by atoms with van der Waals surface area (Å²) in [4.78, 5) is 17.9. The zero-order valence-corrected chi connectivity index (χ0v) is 8.88. The standard InChI is InChI=1S/C11H9ClN2O/c1-7-2-3-10(12)8(4-7)9-5-13-6-14-11(9)15/h2-6H,1H3,(H,13,14,15). The molecule has 0 saturated heterocycles. The molecule has 0 saturated carbocycles. The van der Waals surface area contributed by atoms with Gasteiger partial charge >= 0.3 is 0 Å². The Morgan fingerprint density at radius 1 is 1.33 bits per heavy atom. The van der Waals surface area contributed by atoms with Crippen molar-refractivity contribution in [1.82, 2.24) is 9.97 Å². The number of nitrogens with zero attached hydrogens (tertiary/aromatic N) is 1. The molecule has 15 heavy (non-hydrogen) atoms. The van der Waals surface area contributed by atoms with Crippen molar-refractivity contribution in [3.63, 3.8) is 0 Å². The Balaban J connectivity index is 2.69. The Hall–Kier alpha value is -1.61. The van der Waals surface area contributed by atoms with Gasteiger partial charge in [0.25, 0.3) is 5.56 Å². The van der Waals surface area contributed by atoms with Crippen LogP contribution in [-0.4, -0.2) is 9.97 Å². The Morgan fingerprint density at radius 2 is 2.13 bits per heavy atom. The van der Waals surface area contributed by atoms with Crippen LogP contribution in [-0.2, 0) is 0 Å². The molecular weight excluding hydrogens is 212 g/mol. The number of aromatic amines is 1. The van der Waals surface area contributed by atoms with Gasteiger partial charge in [0.1, 0.15) is 0 Å². The molecule has 0 aliphatic rings. The summed E-state index contributed by atoms with van der Waals surface area (Å²) >= 11 is 6.02. The number of hydrogen-bond acceptors (Lipinski definition) is 2. The molecule has 0 aliphatic heterocycles. The molecule has 0 radical (unpaired) electrons. The van der Waals surface area contributed by atoms with Gasteiger partial charge < -0.3 is 4.98 Å². The van der Waals surface area contributed by atoms with Crippen LogP contribution in [0, 0.1) is 6.92 Å². The second-order valence-electron chi connectivity index (χ2n) is 3.28. The average Bonchev–Trinajstić information content (AvgIpc) is 2.23. The van der Waals surface area contributed by atoms with Gasteiger partial charge in [-0.15, -0.1) is 0 Å². The smallest absolute Gasteiger partial charge is 0.258 e. The summed E-state index contributed by atoms with van der Waals surface area (Å²) in [6, 6.07) is 5.55. The first kappa shape index (κ1) is 9.93. The number of aryl methyl sites for hydroxylation is 1. The molecule has 1 aromatic heterocycles. The van der Waals surface area contributed by atoms with Gasteiger partial charge in [0.2, 0.25) is 0 Å². The molecule has 2 rings (SSSR count). The number of aromatic nitrogens is 2. The lowest BCUT2D eigenvalue weighted by Gasteiger charge is -2.03. The van der Waals surface area contributed by atoms with E-state index in [1.54, 1.807) is 6.07 Å². The van der Waals surface area contributed by atoms with Gasteiger partial charge in [0.15, 0.2) is 0 Å². The number of rotatable bonds is 1. The van der Waals surface area contributed by atoms with Crippen LogP contribution >= 0.6 is 11.6 Å². The van der Waals surface area contributed by atoms with Crippen LogP contribution in [0.1, 0.15) is 5.56 Å². The normalized spacial score (nSPS) is 10.3. The van der Waals surface area contributed by atoms with Crippen molar-refractivity contribution in [2.45, 2.75) is 6.92 Å². The van der Waals surface area contributed by atoms with Crippen molar-refractivity contribution >= 4 is 11.6 Å². The summed E-state index contributed by atoms with van der Waals surface area (Å²) in [7, 11) is 0. The summed E-state index contributed by atoms with van der Waals surface area (Å²) in [5, 5.41) is 0.555. The average molecular weight is 221 g/mol. The predicted molar refractivity (Wildman–Crippen MR) is 60.0 cm³/mol. The number of benzene rings is 1. The van der Waals surface area contributed by atoms with Crippen molar-refractivity contribution in [2.24, 2.45) is 0 Å². The van der Waals surface area contributed by atoms with E-state index >= 15 is 0 Å². The highest BCUT2D eigenvalue weighted by Crippen LogP contribution is 2.25. The van der Waals surface area contributed by atoms with Gasteiger partial charge in [-0.1, -0.05) is 23.2 Å². The number of nitrogens with one attached hydrogen (secondary N) is 1. The van der Waals surface area contributed by atoms with E-state index in [4.69, 9.17) is 11.6 Å². The highest BCUT2D eigenvalue weighted by atomic mass is 35.5. The van der Waals surface area contributed by atoms with E-state index in [9.17, 15) is 4.79 Å². The molecule has 0 unspecified atom stereocenters. The van der Waals surface area contributed by atoms with Crippen molar-refractivity contribution in [1.29, 1.82) is 0 Å². The first-order valence-electron chi connectivity index (χ1n) is 4.47. The van der Waals surface area contributed by atoms with E-state index in [0.29, 0.717) is 16.1 Å². The molecule has 0 amide bonds. The molecule has 1 N–H and O–H groups in total. The maximum absolute atomic E-state index is 11.5. The summed E-state index contributed by atoms with van der Waals surface area (Å²) in [5.41, 5.74) is 2.08. The molecule has 0 aliphatic carbocycles. The molecule has 76 valence electrons. The van der Waals surface area contributed by atoms with Gasteiger partial charge in [0.05, 0.1) is 11.9 Å². The molecule has 2 aromatic rings. The predicted octanol–water partition coefficient (Wildman–Crippen LogP) is 2.40. The second kappa shape index (κ2) is 3.87. The Morgan fingerprint density at radius 3 is 2.87 bits per heavy atom. The summed E-state index contributed by atoms with van der Waals surface area (Å²) in [5.74, 6) is 0. The van der Waals surface area contributed by atoms with Gasteiger partial charge in [-0.2, -0.15) is 0 Å². The molecule has 0 spiro atoms. The molecule has 0 fully saturated rings. The highest BCUT2D eigenvalue weighted by Gasteiger charge is 2.07. The van der Waals surface area contributed by atoms with Gasteiger partial charge in [0, 0.05) is 16.8 Å². The highest BCUT2D eigenvalue weighted by molar-refractivity contribution is 6.33. The van der Waals surface area contributed by atoms with Crippen LogP contribution in [0.5, 0.6) is 0 Å². The summed E-state index contributed by atoms with van der Waals surface area (Å²) in [6.45, 7) is 1.95. The maximum Gasteiger partial charge on any atom is 0.258 e. The van der Waals surface area contributed by atoms with Crippen molar-refractivity contribution in [2.75, 3.05) is 0 Å². The van der Waals surface area contributed by atoms with Crippen molar-refractivity contribution in [3.8, 4) is 11.1 Å². The van der Waals surface area contributed by atoms with Crippen LogP contribution in [0.25, 0.3) is 11.1 Å². The van der Waals surface area contributed by atoms with Gasteiger partial charge in [-0.05, 0) is 19.1 Å². The molecule has 1 aromatic carbocycles. The van der Waals surface area contributed by atoms with E-state index in [0.717, 1.165) is 5.56 Å². The third kappa shape index (κ3) is 1.92. The third-order valence-corrected chi connectivity index (χ3v) is 2.46. The summed E-state index contributed by atoms with van der Waals surface area (Å²) in [6.07, 6.45) is 2.87. The SMILES string of the molecule is Cc1ccc(Cl)c(-c2cnc[nH]c2=O)c1. The minimum atomic E-state index is -0.183. The fourth-order valence-corrected chi connectivity index (χ4v) is 1.60. The largest absolute Gasteiger partial charge is 0.313 e. The fraction of sp³-hybridized carbons (Fsp3) is 0.0909. The van der Waals surface area contributed by atoms with E-state index < -0.39 is 0 Å². The van der Waals surface area contributed by atoms with E-state index in [1.165, 1.54) is 12.5 Å². The maximum atomic E-state index is 11.5. The summed E-state index contributed by atoms with van der Waals surface area (Å²) < 4.78 is 0. The zero-order chi connectivity index (χ0) is 10.8. The van der Waals surface area contributed by atoms with Gasteiger partial charge in [-0.3, -0.25) is 4.79 Å². The van der Waals surface area contributed by atoms with Crippen molar-refractivity contribution < 1.29 is 0 Å². The lowest BCUT2D eigenvalue weighted by molar-refractivity contribution is 1.12. The molecule has 1 heterocycles. The van der Waals surface area contributed by atoms with Crippen LogP contribution < -0.4 is 5.56 Å². The first-order chi connectivity index (χ1) is 7.18. The lowest BCUT2D eigenvalue weighted by atomic mass is 10.1. The second-order valence-corrected chi connectivity index (χ2v) is 3.68. The topological polar surface area (TPSA) is 45.8 Å². The van der Waals surface area contributed by atoms with E-state index in [-0.39, 0.29) is 5.56 Å². The minimum Gasteiger partial charge on any atom is -0.313 e. The van der Waals surface area contributed by atoms with Crippen LogP contribution in [0.2, 0.25) is 5.02 Å². The quantitative estimate of drug-likeness (QED) is 0.802. The Bertz CT molecular complexity index is 548. The number of H-pyrrole nitrogens is 1. The number of hydrogen-bond donors (Lipinski definition) is 1. The number of halogens is 1. The molecule has 0 atom stereocenters. The zero-order valence-electron chi connectivity index (χ0n) is 8.12. The molecule has 4 heteroatoms. The lowest BCUT2D eigenvalue weighted by Crippen LogP contribution is -2.08. The van der Waals surface area contributed by atoms with Crippen LogP contribution in [0.3, 0.4) is 0 Å². The van der Waals surface area contributed by atoms with Gasteiger partial charge in [-0.25, -0.2) is 4.98 Å². The third-order valence-electron chi connectivity index (χ3n) is 2.13. The van der Waals surface area contributed by atoms with Crippen molar-refractivity contribution in [3.05, 3.63) is 51.7 Å². The molecular formula is C11H9ClN2O. The van der Waals surface area contributed by atoms with Crippen LogP contribution in [0.4, 0.5) is 0 Å².